The van der Waals surface area contributed by atoms with E-state index < -0.39 is 0 Å². The first kappa shape index (κ1) is 11.2. The normalized spacial score (nSPS) is 31.2. The summed E-state index contributed by atoms with van der Waals surface area (Å²) in [7, 11) is 0. The van der Waals surface area contributed by atoms with Crippen molar-refractivity contribution in [3.63, 3.8) is 0 Å². The molecule has 90 valence electrons. The number of hydrogen-bond donors (Lipinski definition) is 1. The second kappa shape index (κ2) is 4.75. The summed E-state index contributed by atoms with van der Waals surface area (Å²) in [4.78, 5) is 0. The van der Waals surface area contributed by atoms with Crippen molar-refractivity contribution in [2.24, 2.45) is 0 Å². The number of rotatable bonds is 3. The van der Waals surface area contributed by atoms with Gasteiger partial charge in [-0.1, -0.05) is 30.8 Å². The Kier molecular flexibility index (Phi) is 3.12. The molecule has 1 aromatic rings. The highest BCUT2D eigenvalue weighted by molar-refractivity contribution is 7.79. The molecule has 2 bridgehead atoms. The number of benzene rings is 1. The van der Waals surface area contributed by atoms with E-state index in [4.69, 9.17) is 17.0 Å². The summed E-state index contributed by atoms with van der Waals surface area (Å²) in [5.41, 5.74) is 1.07. The molecule has 0 amide bonds. The van der Waals surface area contributed by atoms with Crippen LogP contribution in [0, 0.1) is 0 Å². The molecule has 0 aromatic heterocycles. The Labute approximate surface area is 107 Å². The second-order valence-corrected chi connectivity index (χ2v) is 5.22. The molecule has 0 radical (unpaired) electrons. The van der Waals surface area contributed by atoms with Gasteiger partial charge in [0.25, 0.3) is 0 Å². The van der Waals surface area contributed by atoms with Gasteiger partial charge in [-0.05, 0) is 30.5 Å². The minimum atomic E-state index is 0.348. The molecule has 0 aliphatic carbocycles. The highest BCUT2D eigenvalue weighted by Gasteiger charge is 2.37. The van der Waals surface area contributed by atoms with Crippen LogP contribution in [-0.2, 0) is 0 Å². The maximum absolute atomic E-state index is 6.08. The van der Waals surface area contributed by atoms with Crippen LogP contribution in [-0.4, -0.2) is 23.6 Å². The van der Waals surface area contributed by atoms with Crippen molar-refractivity contribution in [2.45, 2.75) is 43.9 Å². The molecule has 3 rings (SSSR count). The monoisotopic (exact) mass is 247 g/mol. The molecule has 2 aliphatic rings. The van der Waals surface area contributed by atoms with Crippen LogP contribution in [0.3, 0.4) is 0 Å². The molecule has 2 nitrogen and oxygen atoms in total. The molecule has 2 fully saturated rings. The van der Waals surface area contributed by atoms with E-state index in [0.717, 1.165) is 17.7 Å². The van der Waals surface area contributed by atoms with E-state index in [2.05, 4.69) is 5.32 Å². The van der Waals surface area contributed by atoms with Gasteiger partial charge < -0.3 is 10.1 Å². The Bertz CT molecular complexity index is 403. The van der Waals surface area contributed by atoms with Crippen molar-refractivity contribution < 1.29 is 4.74 Å². The molecule has 2 aliphatic heterocycles. The van der Waals surface area contributed by atoms with Crippen molar-refractivity contribution in [3.8, 4) is 5.75 Å². The number of ether oxygens (including phenoxy) is 1. The molecule has 1 N–H and O–H groups in total. The molecule has 3 unspecified atom stereocenters. The smallest absolute Gasteiger partial charge is 0.119 e. The highest BCUT2D eigenvalue weighted by Crippen LogP contribution is 2.30. The minimum Gasteiger partial charge on any atom is -0.489 e. The van der Waals surface area contributed by atoms with E-state index in [-0.39, 0.29) is 0 Å². The number of thiocarbonyl (C=S) groups is 1. The number of fused-ring (bicyclic) bond motifs is 2. The minimum absolute atomic E-state index is 0.348. The van der Waals surface area contributed by atoms with Crippen LogP contribution in [0.1, 0.15) is 31.2 Å². The first-order chi connectivity index (χ1) is 8.35. The maximum atomic E-state index is 6.08. The maximum Gasteiger partial charge on any atom is 0.119 e. The molecule has 0 spiro atoms. The van der Waals surface area contributed by atoms with Crippen molar-refractivity contribution >= 4 is 17.6 Å². The van der Waals surface area contributed by atoms with Crippen molar-refractivity contribution in [3.05, 3.63) is 29.8 Å². The summed E-state index contributed by atoms with van der Waals surface area (Å²) < 4.78 is 6.08. The fourth-order valence-corrected chi connectivity index (χ4v) is 3.06. The van der Waals surface area contributed by atoms with Gasteiger partial charge in [0.15, 0.2) is 0 Å². The molecular formula is C14H17NOS. The molecule has 3 atom stereocenters. The van der Waals surface area contributed by atoms with Gasteiger partial charge in [-0.25, -0.2) is 0 Å². The lowest BCUT2D eigenvalue weighted by Crippen LogP contribution is -2.38. The Morgan fingerprint density at radius 3 is 2.76 bits per heavy atom. The van der Waals surface area contributed by atoms with Gasteiger partial charge in [0.1, 0.15) is 11.9 Å². The number of nitrogens with one attached hydrogen (secondary N) is 1. The summed E-state index contributed by atoms with van der Waals surface area (Å²) in [6.07, 6.45) is 5.39. The van der Waals surface area contributed by atoms with Crippen LogP contribution in [0.15, 0.2) is 24.3 Å². The number of piperidine rings is 1. The molecule has 2 saturated heterocycles. The van der Waals surface area contributed by atoms with Crippen molar-refractivity contribution in [1.29, 1.82) is 0 Å². The summed E-state index contributed by atoms with van der Waals surface area (Å²) in [5, 5.41) is 5.32. The summed E-state index contributed by atoms with van der Waals surface area (Å²) >= 11 is 4.89. The van der Waals surface area contributed by atoms with Gasteiger partial charge in [0.2, 0.25) is 0 Å². The van der Waals surface area contributed by atoms with E-state index >= 15 is 0 Å². The predicted molar refractivity (Wildman–Crippen MR) is 72.8 cm³/mol. The van der Waals surface area contributed by atoms with Gasteiger partial charge in [0, 0.05) is 23.9 Å². The third-order valence-corrected chi connectivity index (χ3v) is 4.06. The van der Waals surface area contributed by atoms with E-state index in [1.165, 1.54) is 19.3 Å². The SMILES string of the molecule is S=Cc1ccc(OC2CC3CCCC2N3)cc1. The summed E-state index contributed by atoms with van der Waals surface area (Å²) in [6.45, 7) is 0. The van der Waals surface area contributed by atoms with Gasteiger partial charge in [-0.3, -0.25) is 0 Å². The van der Waals surface area contributed by atoms with Gasteiger partial charge >= 0.3 is 0 Å². The Morgan fingerprint density at radius 2 is 2.06 bits per heavy atom. The molecular weight excluding hydrogens is 230 g/mol. The van der Waals surface area contributed by atoms with Gasteiger partial charge in [-0.2, -0.15) is 0 Å². The zero-order chi connectivity index (χ0) is 11.7. The molecule has 17 heavy (non-hydrogen) atoms. The van der Waals surface area contributed by atoms with Crippen LogP contribution >= 0.6 is 12.2 Å². The van der Waals surface area contributed by atoms with Crippen LogP contribution in [0.2, 0.25) is 0 Å². The lowest BCUT2D eigenvalue weighted by molar-refractivity contribution is 0.182. The van der Waals surface area contributed by atoms with E-state index in [1.807, 2.05) is 24.3 Å². The molecule has 2 heterocycles. The Hall–Kier alpha value is -0.930. The second-order valence-electron chi connectivity index (χ2n) is 4.98. The standard InChI is InChI=1S/C14H17NOS/c17-9-10-4-6-12(7-5-10)16-14-8-11-2-1-3-13(14)15-11/h4-7,9,11,13-15H,1-3,8H2. The third kappa shape index (κ3) is 2.35. The highest BCUT2D eigenvalue weighted by atomic mass is 32.1. The average molecular weight is 247 g/mol. The zero-order valence-corrected chi connectivity index (χ0v) is 10.6. The lowest BCUT2D eigenvalue weighted by Gasteiger charge is -2.23. The number of hydrogen-bond acceptors (Lipinski definition) is 3. The van der Waals surface area contributed by atoms with E-state index in [0.29, 0.717) is 18.2 Å². The van der Waals surface area contributed by atoms with Crippen molar-refractivity contribution in [2.75, 3.05) is 0 Å². The fourth-order valence-electron chi connectivity index (χ4n) is 2.91. The molecule has 1 aromatic carbocycles. The largest absolute Gasteiger partial charge is 0.489 e. The van der Waals surface area contributed by atoms with E-state index in [9.17, 15) is 0 Å². The Morgan fingerprint density at radius 1 is 1.24 bits per heavy atom. The van der Waals surface area contributed by atoms with Gasteiger partial charge in [-0.15, -0.1) is 0 Å². The molecule has 3 heteroatoms. The average Bonchev–Trinajstić information content (AvgIpc) is 2.65. The molecule has 0 saturated carbocycles. The van der Waals surface area contributed by atoms with Crippen molar-refractivity contribution in [1.82, 2.24) is 5.32 Å². The summed E-state index contributed by atoms with van der Waals surface area (Å²) in [5.74, 6) is 0.963. The van der Waals surface area contributed by atoms with Crippen LogP contribution in [0.5, 0.6) is 5.75 Å². The first-order valence-corrected chi connectivity index (χ1v) is 6.80. The van der Waals surface area contributed by atoms with Crippen LogP contribution in [0.4, 0.5) is 0 Å². The fraction of sp³-hybridized carbons (Fsp3) is 0.500. The predicted octanol–water partition coefficient (Wildman–Crippen LogP) is 2.70. The summed E-state index contributed by atoms with van der Waals surface area (Å²) in [6, 6.07) is 9.28. The van der Waals surface area contributed by atoms with Crippen LogP contribution < -0.4 is 10.1 Å². The zero-order valence-electron chi connectivity index (χ0n) is 9.76. The van der Waals surface area contributed by atoms with Gasteiger partial charge in [0.05, 0.1) is 0 Å². The van der Waals surface area contributed by atoms with E-state index in [1.54, 1.807) is 5.37 Å². The Balaban J connectivity index is 1.68. The first-order valence-electron chi connectivity index (χ1n) is 6.33. The quantitative estimate of drug-likeness (QED) is 0.830. The third-order valence-electron chi connectivity index (χ3n) is 3.79. The topological polar surface area (TPSA) is 21.3 Å². The lowest BCUT2D eigenvalue weighted by atomic mass is 10.1. The van der Waals surface area contributed by atoms with Crippen LogP contribution in [0.25, 0.3) is 0 Å².